The average molecular weight is 372 g/mol. The molecule has 26 heavy (non-hydrogen) atoms. The number of carboxylic acid groups (broad SMARTS) is 1. The van der Waals surface area contributed by atoms with Crippen LogP contribution in [0.5, 0.6) is 0 Å². The fourth-order valence-corrected chi connectivity index (χ4v) is 2.90. The number of hydrogen-bond donors (Lipinski definition) is 1. The van der Waals surface area contributed by atoms with E-state index in [4.69, 9.17) is 5.11 Å². The first kappa shape index (κ1) is 17.7. The second kappa shape index (κ2) is 7.04. The van der Waals surface area contributed by atoms with E-state index in [0.717, 1.165) is 11.8 Å². The summed E-state index contributed by atoms with van der Waals surface area (Å²) in [5, 5.41) is 20.9. The molecule has 1 N–H and O–H groups in total. The summed E-state index contributed by atoms with van der Waals surface area (Å²) in [6, 6.07) is 14.1. The second-order valence-electron chi connectivity index (χ2n) is 5.69. The Morgan fingerprint density at radius 2 is 1.85 bits per heavy atom. The van der Waals surface area contributed by atoms with Gasteiger partial charge in [0.15, 0.2) is 20.7 Å². The third-order valence-corrected chi connectivity index (χ3v) is 4.62. The van der Waals surface area contributed by atoms with Gasteiger partial charge in [0.2, 0.25) is 0 Å². The highest BCUT2D eigenvalue weighted by atomic mass is 32.2. The summed E-state index contributed by atoms with van der Waals surface area (Å²) < 4.78 is 24.6. The van der Waals surface area contributed by atoms with Crippen molar-refractivity contribution in [3.8, 4) is 17.1 Å². The number of aliphatic carboxylic acids is 1. The predicted molar refractivity (Wildman–Crippen MR) is 93.7 cm³/mol. The highest BCUT2D eigenvalue weighted by molar-refractivity contribution is 7.90. The molecule has 0 fully saturated rings. The number of rotatable bonds is 6. The van der Waals surface area contributed by atoms with Crippen molar-refractivity contribution < 1.29 is 18.3 Å². The number of aromatic nitrogens is 4. The first-order valence-electron chi connectivity index (χ1n) is 7.75. The summed E-state index contributed by atoms with van der Waals surface area (Å²) in [5.41, 5.74) is 2.18. The van der Waals surface area contributed by atoms with Crippen LogP contribution >= 0.6 is 0 Å². The van der Waals surface area contributed by atoms with Crippen molar-refractivity contribution in [3.63, 3.8) is 0 Å². The number of nitrogens with zero attached hydrogens (tertiary/aromatic N) is 4. The SMILES string of the molecule is CS(=O)(=O)c1ccc(-n2nc(CCC(=O)O)cc2-c2ccccc2)nn1. The van der Waals surface area contributed by atoms with E-state index in [0.29, 0.717) is 17.2 Å². The molecular weight excluding hydrogens is 356 g/mol. The van der Waals surface area contributed by atoms with Gasteiger partial charge >= 0.3 is 5.97 Å². The number of benzene rings is 1. The van der Waals surface area contributed by atoms with Crippen molar-refractivity contribution in [2.45, 2.75) is 17.9 Å². The van der Waals surface area contributed by atoms with E-state index < -0.39 is 15.8 Å². The average Bonchev–Trinajstić information content (AvgIpc) is 3.04. The molecule has 0 saturated heterocycles. The molecule has 134 valence electrons. The maximum atomic E-state index is 11.5. The van der Waals surface area contributed by atoms with Gasteiger partial charge in [-0.05, 0) is 18.2 Å². The van der Waals surface area contributed by atoms with E-state index in [2.05, 4.69) is 15.3 Å². The van der Waals surface area contributed by atoms with Gasteiger partial charge < -0.3 is 5.11 Å². The Morgan fingerprint density at radius 1 is 1.12 bits per heavy atom. The highest BCUT2D eigenvalue weighted by Crippen LogP contribution is 2.23. The second-order valence-corrected chi connectivity index (χ2v) is 7.66. The topological polar surface area (TPSA) is 115 Å². The van der Waals surface area contributed by atoms with Gasteiger partial charge in [0.25, 0.3) is 0 Å². The van der Waals surface area contributed by atoms with E-state index in [-0.39, 0.29) is 17.9 Å². The molecular formula is C17H16N4O4S. The molecule has 0 atom stereocenters. The lowest BCUT2D eigenvalue weighted by Crippen LogP contribution is -2.07. The summed E-state index contributed by atoms with van der Waals surface area (Å²) in [6.07, 6.45) is 1.30. The van der Waals surface area contributed by atoms with Crippen LogP contribution in [0.4, 0.5) is 0 Å². The minimum Gasteiger partial charge on any atom is -0.481 e. The molecule has 1 aromatic carbocycles. The number of carbonyl (C=O) groups is 1. The van der Waals surface area contributed by atoms with Gasteiger partial charge in [-0.15, -0.1) is 10.2 Å². The third-order valence-electron chi connectivity index (χ3n) is 3.65. The van der Waals surface area contributed by atoms with Crippen LogP contribution in [0.3, 0.4) is 0 Å². The number of carboxylic acids is 1. The molecule has 0 radical (unpaired) electrons. The van der Waals surface area contributed by atoms with Gasteiger partial charge in [0.05, 0.1) is 17.8 Å². The van der Waals surface area contributed by atoms with Crippen LogP contribution in [0.15, 0.2) is 53.6 Å². The van der Waals surface area contributed by atoms with Crippen molar-refractivity contribution in [1.29, 1.82) is 0 Å². The maximum Gasteiger partial charge on any atom is 0.303 e. The Kier molecular flexibility index (Phi) is 4.81. The Morgan fingerprint density at radius 3 is 2.42 bits per heavy atom. The lowest BCUT2D eigenvalue weighted by molar-refractivity contribution is -0.136. The first-order valence-corrected chi connectivity index (χ1v) is 9.64. The standard InChI is InChI=1S/C17H16N4O4S/c1-26(24,25)16-9-8-15(18-19-16)21-14(12-5-3-2-4-6-12)11-13(20-21)7-10-17(22)23/h2-6,8-9,11H,7,10H2,1H3,(H,22,23). The summed E-state index contributed by atoms with van der Waals surface area (Å²) in [5.74, 6) is -0.559. The Balaban J connectivity index is 2.05. The molecule has 2 aromatic heterocycles. The van der Waals surface area contributed by atoms with Crippen molar-refractivity contribution in [1.82, 2.24) is 20.0 Å². The van der Waals surface area contributed by atoms with Crippen LogP contribution in [0.1, 0.15) is 12.1 Å². The van der Waals surface area contributed by atoms with Gasteiger partial charge in [-0.2, -0.15) is 5.10 Å². The predicted octanol–water partition coefficient (Wildman–Crippen LogP) is 1.75. The van der Waals surface area contributed by atoms with Crippen LogP contribution in [0.2, 0.25) is 0 Å². The lowest BCUT2D eigenvalue weighted by atomic mass is 10.1. The molecule has 0 saturated carbocycles. The van der Waals surface area contributed by atoms with E-state index in [9.17, 15) is 13.2 Å². The summed E-state index contributed by atoms with van der Waals surface area (Å²) in [6.45, 7) is 0. The zero-order valence-electron chi connectivity index (χ0n) is 13.9. The quantitative estimate of drug-likeness (QED) is 0.701. The molecule has 0 aliphatic carbocycles. The van der Waals surface area contributed by atoms with Crippen LogP contribution in [0, 0.1) is 0 Å². The summed E-state index contributed by atoms with van der Waals surface area (Å²) in [4.78, 5) is 10.8. The highest BCUT2D eigenvalue weighted by Gasteiger charge is 2.15. The lowest BCUT2D eigenvalue weighted by Gasteiger charge is -2.06. The van der Waals surface area contributed by atoms with E-state index in [1.165, 1.54) is 16.8 Å². The molecule has 8 nitrogen and oxygen atoms in total. The van der Waals surface area contributed by atoms with Crippen LogP contribution < -0.4 is 0 Å². The third kappa shape index (κ3) is 3.94. The number of sulfone groups is 1. The van der Waals surface area contributed by atoms with Crippen LogP contribution in [-0.4, -0.2) is 45.7 Å². The minimum absolute atomic E-state index is 0.0378. The van der Waals surface area contributed by atoms with Crippen LogP contribution in [0.25, 0.3) is 17.1 Å². The maximum absolute atomic E-state index is 11.5. The fourth-order valence-electron chi connectivity index (χ4n) is 2.40. The molecule has 0 unspecified atom stereocenters. The molecule has 9 heteroatoms. The van der Waals surface area contributed by atoms with Crippen molar-refractivity contribution in [3.05, 3.63) is 54.2 Å². The van der Waals surface area contributed by atoms with Crippen molar-refractivity contribution >= 4 is 15.8 Å². The molecule has 3 rings (SSSR count). The monoisotopic (exact) mass is 372 g/mol. The molecule has 2 heterocycles. The van der Waals surface area contributed by atoms with E-state index in [1.54, 1.807) is 6.07 Å². The number of aryl methyl sites for hydroxylation is 1. The molecule has 3 aromatic rings. The Hall–Kier alpha value is -3.07. The van der Waals surface area contributed by atoms with Gasteiger partial charge in [0.1, 0.15) is 0 Å². The first-order chi connectivity index (χ1) is 12.3. The Labute approximate surface area is 150 Å². The molecule has 0 spiro atoms. The summed E-state index contributed by atoms with van der Waals surface area (Å²) >= 11 is 0. The number of hydrogen-bond acceptors (Lipinski definition) is 6. The van der Waals surface area contributed by atoms with Crippen molar-refractivity contribution in [2.75, 3.05) is 6.26 Å². The molecule has 0 aliphatic rings. The normalized spacial score (nSPS) is 11.4. The van der Waals surface area contributed by atoms with E-state index in [1.807, 2.05) is 30.3 Å². The zero-order chi connectivity index (χ0) is 18.7. The Bertz CT molecular complexity index is 1030. The molecule has 0 aliphatic heterocycles. The van der Waals surface area contributed by atoms with E-state index >= 15 is 0 Å². The van der Waals surface area contributed by atoms with Gasteiger partial charge in [-0.1, -0.05) is 30.3 Å². The van der Waals surface area contributed by atoms with Crippen LogP contribution in [-0.2, 0) is 21.1 Å². The van der Waals surface area contributed by atoms with Gasteiger partial charge in [-0.3, -0.25) is 4.79 Å². The fraction of sp³-hybridized carbons (Fsp3) is 0.176. The summed E-state index contributed by atoms with van der Waals surface area (Å²) in [7, 11) is -3.45. The largest absolute Gasteiger partial charge is 0.481 e. The minimum atomic E-state index is -3.45. The molecule has 0 bridgehead atoms. The van der Waals surface area contributed by atoms with Gasteiger partial charge in [-0.25, -0.2) is 13.1 Å². The molecule has 0 amide bonds. The smallest absolute Gasteiger partial charge is 0.303 e. The van der Waals surface area contributed by atoms with Crippen molar-refractivity contribution in [2.24, 2.45) is 0 Å². The van der Waals surface area contributed by atoms with Gasteiger partial charge in [0, 0.05) is 18.2 Å². The zero-order valence-corrected chi connectivity index (χ0v) is 14.7.